The number of benzene rings is 5. The molecule has 5 aromatic carbocycles. The summed E-state index contributed by atoms with van der Waals surface area (Å²) in [5, 5.41) is 28.5. The minimum atomic E-state index is -4.85. The minimum Gasteiger partial charge on any atom is -0.505 e. The molecule has 5 N–H and O–H groups in total. The zero-order chi connectivity index (χ0) is 29.5. The summed E-state index contributed by atoms with van der Waals surface area (Å²) in [6.45, 7) is 1.85. The Balaban J connectivity index is 1.69. The predicted octanol–water partition coefficient (Wildman–Crippen LogP) is 6.91. The van der Waals surface area contributed by atoms with Crippen molar-refractivity contribution in [1.29, 1.82) is 0 Å². The van der Waals surface area contributed by atoms with Crippen molar-refractivity contribution in [3.63, 3.8) is 0 Å². The van der Waals surface area contributed by atoms with Crippen LogP contribution in [0.5, 0.6) is 5.75 Å². The highest BCUT2D eigenvalue weighted by molar-refractivity contribution is 7.86. The molecule has 0 fully saturated rings. The van der Waals surface area contributed by atoms with E-state index >= 15 is 0 Å². The monoisotopic (exact) mass is 591 g/mol. The van der Waals surface area contributed by atoms with E-state index in [1.165, 1.54) is 42.5 Å². The number of rotatable bonds is 6. The first-order valence-electron chi connectivity index (χ1n) is 11.8. The van der Waals surface area contributed by atoms with Crippen LogP contribution in [0.2, 0.25) is 0 Å². The SMILES string of the molecule is Cc1ccccc1N=Nc1ccc(N=Nc2c(S(=O)(=O)O)cc3cc(N)ccc3c2O)c2ccc(S(=O)(=O)O)cc12. The van der Waals surface area contributed by atoms with Crippen LogP contribution < -0.4 is 5.73 Å². The number of aryl methyl sites for hydroxylation is 1. The molecule has 0 spiro atoms. The lowest BCUT2D eigenvalue weighted by atomic mass is 10.1. The van der Waals surface area contributed by atoms with Crippen molar-refractivity contribution in [1.82, 2.24) is 0 Å². The van der Waals surface area contributed by atoms with Crippen molar-refractivity contribution in [2.24, 2.45) is 20.5 Å². The fourth-order valence-corrected chi connectivity index (χ4v) is 5.35. The smallest absolute Gasteiger partial charge is 0.296 e. The molecule has 0 atom stereocenters. The highest BCUT2D eigenvalue weighted by Crippen LogP contribution is 2.43. The highest BCUT2D eigenvalue weighted by Gasteiger charge is 2.22. The highest BCUT2D eigenvalue weighted by atomic mass is 32.2. The fourth-order valence-electron chi connectivity index (χ4n) is 4.18. The normalized spacial score (nSPS) is 12.7. The van der Waals surface area contributed by atoms with Gasteiger partial charge < -0.3 is 10.8 Å². The molecule has 0 bridgehead atoms. The molecule has 0 aliphatic heterocycles. The average Bonchev–Trinajstić information content (AvgIpc) is 2.91. The molecule has 0 saturated heterocycles. The van der Waals surface area contributed by atoms with E-state index < -0.39 is 41.5 Å². The van der Waals surface area contributed by atoms with Gasteiger partial charge in [-0.3, -0.25) is 9.11 Å². The van der Waals surface area contributed by atoms with Crippen molar-refractivity contribution in [3.05, 3.63) is 84.4 Å². The Hall–Kier alpha value is -4.76. The molecule has 5 aromatic rings. The lowest BCUT2D eigenvalue weighted by Crippen LogP contribution is -1.99. The van der Waals surface area contributed by atoms with Crippen molar-refractivity contribution in [2.45, 2.75) is 16.7 Å². The third-order valence-corrected chi connectivity index (χ3v) is 7.95. The molecule has 0 unspecified atom stereocenters. The summed E-state index contributed by atoms with van der Waals surface area (Å²) in [7, 11) is -9.42. The Kier molecular flexibility index (Phi) is 7.00. The van der Waals surface area contributed by atoms with Gasteiger partial charge in [0.25, 0.3) is 20.2 Å². The summed E-state index contributed by atoms with van der Waals surface area (Å²) >= 11 is 0. The van der Waals surface area contributed by atoms with Crippen LogP contribution in [0, 0.1) is 6.92 Å². The second-order valence-corrected chi connectivity index (χ2v) is 11.8. The van der Waals surface area contributed by atoms with Crippen molar-refractivity contribution >= 4 is 70.2 Å². The number of nitrogen functional groups attached to an aromatic ring is 1. The molecule has 41 heavy (non-hydrogen) atoms. The third kappa shape index (κ3) is 5.62. The number of phenols is 1. The Bertz CT molecular complexity index is 2150. The standard InChI is InChI=1S/C27H21N5O7S2/c1-15-4-2-3-5-22(15)29-30-24-11-10-23(20-9-7-18(14-21(20)24)40(34,35)36)31-32-26-25(41(37,38)39)13-16-12-17(28)6-8-19(16)27(26)33/h2-14,33H,28H2,1H3,(H,34,35,36)(H,37,38,39). The molecule has 14 heteroatoms. The fraction of sp³-hybridized carbons (Fsp3) is 0.0370. The summed E-state index contributed by atoms with van der Waals surface area (Å²) in [6.07, 6.45) is 0. The van der Waals surface area contributed by atoms with Gasteiger partial charge in [-0.15, -0.1) is 15.3 Å². The van der Waals surface area contributed by atoms with Gasteiger partial charge in [-0.05, 0) is 72.5 Å². The Morgan fingerprint density at radius 2 is 1.29 bits per heavy atom. The van der Waals surface area contributed by atoms with Crippen molar-refractivity contribution in [3.8, 4) is 5.75 Å². The summed E-state index contributed by atoms with van der Waals surface area (Å²) in [6, 6.07) is 19.4. The summed E-state index contributed by atoms with van der Waals surface area (Å²) in [4.78, 5) is -1.09. The first kappa shape index (κ1) is 27.8. The molecule has 0 heterocycles. The molecule has 0 saturated carbocycles. The largest absolute Gasteiger partial charge is 0.505 e. The first-order chi connectivity index (χ1) is 19.3. The van der Waals surface area contributed by atoms with Crippen LogP contribution >= 0.6 is 0 Å². The van der Waals surface area contributed by atoms with Gasteiger partial charge in [-0.25, -0.2) is 0 Å². The van der Waals surface area contributed by atoms with Crippen LogP contribution in [0.3, 0.4) is 0 Å². The van der Waals surface area contributed by atoms with Gasteiger partial charge in [-0.2, -0.15) is 21.9 Å². The zero-order valence-electron chi connectivity index (χ0n) is 21.2. The number of fused-ring (bicyclic) bond motifs is 2. The molecule has 12 nitrogen and oxygen atoms in total. The summed E-state index contributed by atoms with van der Waals surface area (Å²) in [5.74, 6) is -0.555. The van der Waals surface area contributed by atoms with Gasteiger partial charge in [0.05, 0.1) is 22.0 Å². The van der Waals surface area contributed by atoms with Gasteiger partial charge in [0.15, 0.2) is 5.75 Å². The van der Waals surface area contributed by atoms with Gasteiger partial charge in [0.2, 0.25) is 0 Å². The molecule has 0 aliphatic carbocycles. The Morgan fingerprint density at radius 3 is 1.98 bits per heavy atom. The predicted molar refractivity (Wildman–Crippen MR) is 153 cm³/mol. The number of hydrogen-bond acceptors (Lipinski definition) is 10. The van der Waals surface area contributed by atoms with E-state index in [1.54, 1.807) is 12.1 Å². The van der Waals surface area contributed by atoms with Gasteiger partial charge in [0, 0.05) is 21.8 Å². The van der Waals surface area contributed by atoms with E-state index in [2.05, 4.69) is 20.5 Å². The number of anilines is 1. The van der Waals surface area contributed by atoms with Gasteiger partial charge in [0.1, 0.15) is 10.6 Å². The second kappa shape index (κ2) is 10.3. The molecule has 0 aromatic heterocycles. The summed E-state index contributed by atoms with van der Waals surface area (Å²) < 4.78 is 67.4. The second-order valence-electron chi connectivity index (χ2n) is 9.00. The molecule has 5 rings (SSSR count). The van der Waals surface area contributed by atoms with Gasteiger partial charge >= 0.3 is 0 Å². The average molecular weight is 592 g/mol. The van der Waals surface area contributed by atoms with Crippen LogP contribution in [-0.2, 0) is 20.2 Å². The molecular weight excluding hydrogens is 570 g/mol. The van der Waals surface area contributed by atoms with E-state index in [-0.39, 0.29) is 27.5 Å². The van der Waals surface area contributed by atoms with Crippen LogP contribution in [0.4, 0.5) is 28.4 Å². The van der Waals surface area contributed by atoms with E-state index in [0.717, 1.165) is 17.7 Å². The number of nitrogens with zero attached hydrogens (tertiary/aromatic N) is 4. The maximum atomic E-state index is 12.2. The number of hydrogen-bond donors (Lipinski definition) is 4. The number of phenolic OH excluding ortho intramolecular Hbond substituents is 1. The molecular formula is C27H21N5O7S2. The maximum Gasteiger partial charge on any atom is 0.296 e. The lowest BCUT2D eigenvalue weighted by Gasteiger charge is -2.10. The third-order valence-electron chi connectivity index (χ3n) is 6.23. The zero-order valence-corrected chi connectivity index (χ0v) is 22.8. The van der Waals surface area contributed by atoms with Crippen molar-refractivity contribution in [2.75, 3.05) is 5.73 Å². The van der Waals surface area contributed by atoms with E-state index in [1.807, 2.05) is 19.1 Å². The molecule has 0 radical (unpaired) electrons. The van der Waals surface area contributed by atoms with E-state index in [4.69, 9.17) is 5.73 Å². The quantitative estimate of drug-likeness (QED) is 0.0924. The number of azo groups is 2. The molecule has 0 aliphatic rings. The molecule has 208 valence electrons. The van der Waals surface area contributed by atoms with Crippen LogP contribution in [-0.4, -0.2) is 31.0 Å². The van der Waals surface area contributed by atoms with Crippen LogP contribution in [0.25, 0.3) is 21.5 Å². The first-order valence-corrected chi connectivity index (χ1v) is 14.7. The molecule has 0 amide bonds. The van der Waals surface area contributed by atoms with E-state index in [9.17, 15) is 31.0 Å². The van der Waals surface area contributed by atoms with Crippen LogP contribution in [0.15, 0.2) is 109 Å². The summed E-state index contributed by atoms with van der Waals surface area (Å²) in [5.41, 5.74) is 7.38. The number of aromatic hydroxyl groups is 1. The minimum absolute atomic E-state index is 0.134. The number of nitrogens with two attached hydrogens (primary N) is 1. The van der Waals surface area contributed by atoms with Crippen LogP contribution in [0.1, 0.15) is 5.56 Å². The maximum absolute atomic E-state index is 12.2. The lowest BCUT2D eigenvalue weighted by molar-refractivity contribution is 0.472. The van der Waals surface area contributed by atoms with E-state index in [0.29, 0.717) is 16.8 Å². The topological polar surface area (TPSA) is 204 Å². The van der Waals surface area contributed by atoms with Gasteiger partial charge in [-0.1, -0.05) is 24.3 Å². The Labute approximate surface area is 234 Å². The van der Waals surface area contributed by atoms with Crippen molar-refractivity contribution < 1.29 is 31.0 Å². The Morgan fingerprint density at radius 1 is 0.659 bits per heavy atom.